The van der Waals surface area contributed by atoms with E-state index in [0.29, 0.717) is 5.88 Å². The third-order valence-corrected chi connectivity index (χ3v) is 3.01. The Morgan fingerprint density at radius 1 is 0.947 bits per heavy atom. The molecule has 19 heavy (non-hydrogen) atoms. The highest BCUT2D eigenvalue weighted by atomic mass is 35.5. The number of nitro benzene ring substituents is 1. The molecule has 0 radical (unpaired) electrons. The van der Waals surface area contributed by atoms with Crippen molar-refractivity contribution in [3.05, 3.63) is 75.3 Å². The number of hydrogen-bond donors (Lipinski definition) is 0. The van der Waals surface area contributed by atoms with Crippen LogP contribution < -0.4 is 0 Å². The molecule has 2 aromatic carbocycles. The van der Waals surface area contributed by atoms with Gasteiger partial charge in [-0.25, -0.2) is 0 Å². The molecule has 3 nitrogen and oxygen atoms in total. The molecule has 0 saturated heterocycles. The SMILES string of the molecule is O=[N+]([O-])c1ccc(C=Cc2ccc(CCl)cc2)cc1. The minimum atomic E-state index is -0.404. The van der Waals surface area contributed by atoms with Gasteiger partial charge in [0.15, 0.2) is 0 Å². The van der Waals surface area contributed by atoms with Gasteiger partial charge in [-0.3, -0.25) is 10.1 Å². The molecule has 0 aromatic heterocycles. The first-order valence-corrected chi connectivity index (χ1v) is 6.30. The average molecular weight is 274 g/mol. The van der Waals surface area contributed by atoms with Gasteiger partial charge in [0.1, 0.15) is 0 Å². The molecule has 0 spiro atoms. The number of alkyl halides is 1. The van der Waals surface area contributed by atoms with Gasteiger partial charge in [0.2, 0.25) is 0 Å². The van der Waals surface area contributed by atoms with Crippen LogP contribution in [0.1, 0.15) is 16.7 Å². The van der Waals surface area contributed by atoms with Crippen LogP contribution >= 0.6 is 11.6 Å². The molecule has 0 saturated carbocycles. The Bertz CT molecular complexity index is 589. The molecule has 0 aliphatic rings. The van der Waals surface area contributed by atoms with Gasteiger partial charge in [-0.05, 0) is 28.8 Å². The normalized spacial score (nSPS) is 10.8. The van der Waals surface area contributed by atoms with Crippen molar-refractivity contribution >= 4 is 29.4 Å². The van der Waals surface area contributed by atoms with E-state index in [2.05, 4.69) is 0 Å². The van der Waals surface area contributed by atoms with Crippen LogP contribution in [0.5, 0.6) is 0 Å². The van der Waals surface area contributed by atoms with Crippen LogP contribution in [0.3, 0.4) is 0 Å². The number of benzene rings is 2. The molecule has 0 aliphatic heterocycles. The molecule has 2 rings (SSSR count). The summed E-state index contributed by atoms with van der Waals surface area (Å²) < 4.78 is 0. The zero-order valence-electron chi connectivity index (χ0n) is 10.1. The molecule has 0 atom stereocenters. The molecular formula is C15H12ClNO2. The Morgan fingerprint density at radius 3 is 1.84 bits per heavy atom. The van der Waals surface area contributed by atoms with E-state index in [4.69, 9.17) is 11.6 Å². The lowest BCUT2D eigenvalue weighted by Gasteiger charge is -1.97. The molecule has 96 valence electrons. The standard InChI is InChI=1S/C15H12ClNO2/c16-11-14-5-3-12(4-6-14)1-2-13-7-9-15(10-8-13)17(18)19/h1-10H,11H2. The van der Waals surface area contributed by atoms with Gasteiger partial charge in [-0.2, -0.15) is 0 Å². The Kier molecular flexibility index (Phi) is 4.31. The Labute approximate surface area is 116 Å². The summed E-state index contributed by atoms with van der Waals surface area (Å²) in [6, 6.07) is 14.4. The van der Waals surface area contributed by atoms with Crippen LogP contribution in [-0.4, -0.2) is 4.92 Å². The van der Waals surface area contributed by atoms with Crippen LogP contribution in [0.15, 0.2) is 48.5 Å². The minimum absolute atomic E-state index is 0.101. The lowest BCUT2D eigenvalue weighted by atomic mass is 10.1. The Morgan fingerprint density at radius 2 is 1.42 bits per heavy atom. The van der Waals surface area contributed by atoms with E-state index >= 15 is 0 Å². The number of nitro groups is 1. The summed E-state index contributed by atoms with van der Waals surface area (Å²) in [7, 11) is 0. The van der Waals surface area contributed by atoms with E-state index in [1.165, 1.54) is 12.1 Å². The summed E-state index contributed by atoms with van der Waals surface area (Å²) >= 11 is 5.72. The van der Waals surface area contributed by atoms with Crippen molar-refractivity contribution in [2.45, 2.75) is 5.88 Å². The lowest BCUT2D eigenvalue weighted by Crippen LogP contribution is -1.86. The molecular weight excluding hydrogens is 262 g/mol. The summed E-state index contributed by atoms with van der Waals surface area (Å²) in [6.45, 7) is 0. The molecule has 2 aromatic rings. The van der Waals surface area contributed by atoms with Crippen molar-refractivity contribution in [1.82, 2.24) is 0 Å². The van der Waals surface area contributed by atoms with Gasteiger partial charge < -0.3 is 0 Å². The maximum absolute atomic E-state index is 10.5. The van der Waals surface area contributed by atoms with E-state index in [0.717, 1.165) is 16.7 Å². The zero-order chi connectivity index (χ0) is 13.7. The Hall–Kier alpha value is -2.13. The van der Waals surface area contributed by atoms with Crippen molar-refractivity contribution in [2.24, 2.45) is 0 Å². The largest absolute Gasteiger partial charge is 0.269 e. The highest BCUT2D eigenvalue weighted by Gasteiger charge is 2.02. The highest BCUT2D eigenvalue weighted by Crippen LogP contribution is 2.15. The molecule has 4 heteroatoms. The van der Waals surface area contributed by atoms with E-state index in [1.54, 1.807) is 12.1 Å². The molecule has 0 heterocycles. The average Bonchev–Trinajstić information content (AvgIpc) is 2.46. The van der Waals surface area contributed by atoms with E-state index in [9.17, 15) is 10.1 Å². The fourth-order valence-corrected chi connectivity index (χ4v) is 1.80. The van der Waals surface area contributed by atoms with Gasteiger partial charge in [0.05, 0.1) is 4.92 Å². The van der Waals surface area contributed by atoms with Crippen molar-refractivity contribution in [3.63, 3.8) is 0 Å². The monoisotopic (exact) mass is 273 g/mol. The van der Waals surface area contributed by atoms with Gasteiger partial charge in [0, 0.05) is 18.0 Å². The van der Waals surface area contributed by atoms with E-state index in [-0.39, 0.29) is 5.69 Å². The first kappa shape index (κ1) is 13.3. The van der Waals surface area contributed by atoms with Crippen molar-refractivity contribution in [2.75, 3.05) is 0 Å². The number of non-ortho nitro benzene ring substituents is 1. The molecule has 0 bridgehead atoms. The molecule has 0 fully saturated rings. The molecule has 0 N–H and O–H groups in total. The van der Waals surface area contributed by atoms with Gasteiger partial charge >= 0.3 is 0 Å². The van der Waals surface area contributed by atoms with Crippen LogP contribution in [-0.2, 0) is 5.88 Å². The minimum Gasteiger partial charge on any atom is -0.258 e. The van der Waals surface area contributed by atoms with Crippen LogP contribution in [0.25, 0.3) is 12.2 Å². The second-order valence-corrected chi connectivity index (χ2v) is 4.32. The number of nitrogens with zero attached hydrogens (tertiary/aromatic N) is 1. The van der Waals surface area contributed by atoms with Crippen molar-refractivity contribution < 1.29 is 4.92 Å². The lowest BCUT2D eigenvalue weighted by molar-refractivity contribution is -0.384. The van der Waals surface area contributed by atoms with Crippen LogP contribution in [0.4, 0.5) is 5.69 Å². The maximum atomic E-state index is 10.5. The zero-order valence-corrected chi connectivity index (χ0v) is 10.9. The third kappa shape index (κ3) is 3.66. The second kappa shape index (κ2) is 6.16. The first-order chi connectivity index (χ1) is 9.19. The van der Waals surface area contributed by atoms with Crippen molar-refractivity contribution in [1.29, 1.82) is 0 Å². The van der Waals surface area contributed by atoms with Crippen molar-refractivity contribution in [3.8, 4) is 0 Å². The summed E-state index contributed by atoms with van der Waals surface area (Å²) in [4.78, 5) is 10.1. The Balaban J connectivity index is 2.10. The van der Waals surface area contributed by atoms with E-state index in [1.807, 2.05) is 36.4 Å². The van der Waals surface area contributed by atoms with Gasteiger partial charge in [-0.1, -0.05) is 36.4 Å². The molecule has 0 aliphatic carbocycles. The fourth-order valence-electron chi connectivity index (χ4n) is 1.62. The van der Waals surface area contributed by atoms with Gasteiger partial charge in [-0.15, -0.1) is 11.6 Å². The van der Waals surface area contributed by atoms with Crippen LogP contribution in [0.2, 0.25) is 0 Å². The predicted octanol–water partition coefficient (Wildman–Crippen LogP) is 4.50. The smallest absolute Gasteiger partial charge is 0.258 e. The quantitative estimate of drug-likeness (QED) is 0.356. The number of halogens is 1. The highest BCUT2D eigenvalue weighted by molar-refractivity contribution is 6.17. The predicted molar refractivity (Wildman–Crippen MR) is 78.0 cm³/mol. The van der Waals surface area contributed by atoms with Crippen LogP contribution in [0, 0.1) is 10.1 Å². The maximum Gasteiger partial charge on any atom is 0.269 e. The molecule has 0 amide bonds. The summed E-state index contributed by atoms with van der Waals surface area (Å²) in [5.74, 6) is 0.506. The fraction of sp³-hybridized carbons (Fsp3) is 0.0667. The van der Waals surface area contributed by atoms with Gasteiger partial charge in [0.25, 0.3) is 5.69 Å². The van der Waals surface area contributed by atoms with E-state index < -0.39 is 4.92 Å². The third-order valence-electron chi connectivity index (χ3n) is 2.71. The first-order valence-electron chi connectivity index (χ1n) is 5.76. The topological polar surface area (TPSA) is 43.1 Å². The molecule has 0 unspecified atom stereocenters. The number of hydrogen-bond acceptors (Lipinski definition) is 2. The summed E-state index contributed by atoms with van der Waals surface area (Å²) in [6.07, 6.45) is 3.87. The summed E-state index contributed by atoms with van der Waals surface area (Å²) in [5, 5.41) is 10.5. The number of rotatable bonds is 4. The second-order valence-electron chi connectivity index (χ2n) is 4.06. The summed E-state index contributed by atoms with van der Waals surface area (Å²) in [5.41, 5.74) is 3.16.